The summed E-state index contributed by atoms with van der Waals surface area (Å²) in [7, 11) is -0.832. The molecule has 15 heavy (non-hydrogen) atoms. The van der Waals surface area contributed by atoms with Crippen LogP contribution in [0.3, 0.4) is 0 Å². The quantitative estimate of drug-likeness (QED) is 0.664. The molecule has 1 saturated heterocycles. The molecule has 3 amide bonds. The maximum Gasteiger partial charge on any atom is 0.324 e. The molecule has 1 N–H and O–H groups in total. The number of halogens is 1. The normalized spacial score (nSPS) is 19.7. The Morgan fingerprint density at radius 1 is 1.40 bits per heavy atom. The summed E-state index contributed by atoms with van der Waals surface area (Å²) in [5, 5.41) is 1.45. The smallest absolute Gasteiger partial charge is 0.323 e. The molecule has 0 saturated carbocycles. The van der Waals surface area contributed by atoms with E-state index in [4.69, 9.17) is 11.6 Å². The largest absolute Gasteiger partial charge is 0.324 e. The van der Waals surface area contributed by atoms with Crippen LogP contribution in [-0.2, 0) is 15.6 Å². The Labute approximate surface area is 95.6 Å². The van der Waals surface area contributed by atoms with Gasteiger partial charge in [-0.1, -0.05) is 0 Å². The third-order valence-corrected chi connectivity index (χ3v) is 3.53. The molecule has 0 bridgehead atoms. The minimum Gasteiger partial charge on any atom is -0.323 e. The van der Waals surface area contributed by atoms with Crippen molar-refractivity contribution >= 4 is 34.3 Å². The van der Waals surface area contributed by atoms with Gasteiger partial charge in [0.1, 0.15) is 5.38 Å². The molecular formula is C8H13ClN2O3S. The summed E-state index contributed by atoms with van der Waals surface area (Å²) in [6.45, 7) is 2.33. The zero-order valence-electron chi connectivity index (χ0n) is 8.36. The van der Waals surface area contributed by atoms with Gasteiger partial charge in [0.25, 0.3) is 0 Å². The molecule has 0 spiro atoms. The van der Waals surface area contributed by atoms with E-state index in [1.807, 2.05) is 0 Å². The van der Waals surface area contributed by atoms with Crippen LogP contribution in [0.4, 0.5) is 4.79 Å². The van der Waals surface area contributed by atoms with E-state index >= 15 is 0 Å². The molecule has 1 unspecified atom stereocenters. The molecule has 0 aromatic carbocycles. The number of nitrogens with zero attached hydrogens (tertiary/aromatic N) is 1. The highest BCUT2D eigenvalue weighted by Gasteiger charge is 2.22. The lowest BCUT2D eigenvalue weighted by Gasteiger charge is -2.26. The van der Waals surface area contributed by atoms with Gasteiger partial charge in [-0.3, -0.25) is 14.3 Å². The van der Waals surface area contributed by atoms with Crippen LogP contribution >= 0.6 is 11.6 Å². The van der Waals surface area contributed by atoms with Gasteiger partial charge >= 0.3 is 6.03 Å². The number of nitrogens with one attached hydrogen (secondary N) is 1. The van der Waals surface area contributed by atoms with Crippen molar-refractivity contribution in [3.63, 3.8) is 0 Å². The van der Waals surface area contributed by atoms with Crippen LogP contribution in [0.5, 0.6) is 0 Å². The van der Waals surface area contributed by atoms with Crippen molar-refractivity contribution in [1.82, 2.24) is 10.2 Å². The van der Waals surface area contributed by atoms with E-state index in [1.165, 1.54) is 11.8 Å². The summed E-state index contributed by atoms with van der Waals surface area (Å²) >= 11 is 5.50. The number of urea groups is 1. The Balaban J connectivity index is 2.41. The van der Waals surface area contributed by atoms with Gasteiger partial charge in [0, 0.05) is 35.4 Å². The maximum atomic E-state index is 11.5. The second-order valence-electron chi connectivity index (χ2n) is 3.25. The number of rotatable bonds is 1. The fourth-order valence-corrected chi connectivity index (χ4v) is 2.23. The summed E-state index contributed by atoms with van der Waals surface area (Å²) in [6.07, 6.45) is 0. The highest BCUT2D eigenvalue weighted by Crippen LogP contribution is 2.01. The minimum absolute atomic E-state index is 0.419. The van der Waals surface area contributed by atoms with E-state index in [0.717, 1.165) is 0 Å². The summed E-state index contributed by atoms with van der Waals surface area (Å²) in [5.74, 6) is 0.434. The molecule has 86 valence electrons. The molecule has 0 aliphatic carbocycles. The van der Waals surface area contributed by atoms with E-state index in [2.05, 4.69) is 5.32 Å². The Morgan fingerprint density at radius 2 is 1.93 bits per heavy atom. The van der Waals surface area contributed by atoms with Gasteiger partial charge < -0.3 is 4.90 Å². The molecule has 0 radical (unpaired) electrons. The van der Waals surface area contributed by atoms with Crippen molar-refractivity contribution in [3.8, 4) is 0 Å². The van der Waals surface area contributed by atoms with E-state index in [0.29, 0.717) is 24.6 Å². The Morgan fingerprint density at radius 3 is 2.40 bits per heavy atom. The highest BCUT2D eigenvalue weighted by molar-refractivity contribution is 7.85. The summed E-state index contributed by atoms with van der Waals surface area (Å²) in [5.41, 5.74) is 0. The van der Waals surface area contributed by atoms with Gasteiger partial charge in [0.2, 0.25) is 5.91 Å². The predicted molar refractivity (Wildman–Crippen MR) is 58.3 cm³/mol. The first kappa shape index (κ1) is 12.4. The van der Waals surface area contributed by atoms with Crippen molar-refractivity contribution in [1.29, 1.82) is 0 Å². The lowest BCUT2D eigenvalue weighted by molar-refractivity contribution is -0.119. The molecule has 1 aliphatic heterocycles. The fourth-order valence-electron chi connectivity index (χ4n) is 1.12. The number of alkyl halides is 1. The van der Waals surface area contributed by atoms with Crippen LogP contribution in [0.2, 0.25) is 0 Å². The number of hydrogen-bond acceptors (Lipinski definition) is 3. The molecule has 1 fully saturated rings. The van der Waals surface area contributed by atoms with Crippen LogP contribution in [0.15, 0.2) is 0 Å². The second-order valence-corrected chi connectivity index (χ2v) is 5.60. The summed E-state index contributed by atoms with van der Waals surface area (Å²) in [6, 6.07) is -0.454. The van der Waals surface area contributed by atoms with E-state index in [9.17, 15) is 13.8 Å². The molecule has 1 rings (SSSR count). The number of carbonyl (C=O) groups excluding carboxylic acids is 2. The third-order valence-electron chi connectivity index (χ3n) is 2.06. The first-order valence-electron chi connectivity index (χ1n) is 4.59. The highest BCUT2D eigenvalue weighted by atomic mass is 35.5. The zero-order chi connectivity index (χ0) is 11.4. The minimum atomic E-state index is -0.832. The maximum absolute atomic E-state index is 11.5. The number of imide groups is 1. The Kier molecular flexibility index (Phi) is 4.53. The molecule has 1 aliphatic rings. The van der Waals surface area contributed by atoms with Gasteiger partial charge in [-0.05, 0) is 6.92 Å². The Hall–Kier alpha value is -0.620. The molecule has 7 heteroatoms. The van der Waals surface area contributed by atoms with Gasteiger partial charge in [0.05, 0.1) is 0 Å². The van der Waals surface area contributed by atoms with Gasteiger partial charge in [0.15, 0.2) is 0 Å². The third kappa shape index (κ3) is 3.79. The van der Waals surface area contributed by atoms with Crippen molar-refractivity contribution < 1.29 is 13.8 Å². The zero-order valence-corrected chi connectivity index (χ0v) is 9.94. The first-order chi connectivity index (χ1) is 7.00. The SMILES string of the molecule is CC(Cl)C(=O)NC(=O)N1CCS(=O)CC1. The van der Waals surface area contributed by atoms with Gasteiger partial charge in [-0.25, -0.2) is 4.79 Å². The lowest BCUT2D eigenvalue weighted by Crippen LogP contribution is -2.49. The molecule has 0 aromatic heterocycles. The molecule has 5 nitrogen and oxygen atoms in total. The predicted octanol–water partition coefficient (Wildman–Crippen LogP) is -0.0858. The van der Waals surface area contributed by atoms with Crippen LogP contribution < -0.4 is 5.32 Å². The topological polar surface area (TPSA) is 66.5 Å². The number of carbonyl (C=O) groups is 2. The van der Waals surface area contributed by atoms with Crippen molar-refractivity contribution in [2.24, 2.45) is 0 Å². The van der Waals surface area contributed by atoms with Crippen molar-refractivity contribution in [2.75, 3.05) is 24.6 Å². The van der Waals surface area contributed by atoms with Gasteiger partial charge in [-0.2, -0.15) is 0 Å². The fraction of sp³-hybridized carbons (Fsp3) is 0.750. The van der Waals surface area contributed by atoms with Crippen molar-refractivity contribution in [2.45, 2.75) is 12.3 Å². The van der Waals surface area contributed by atoms with E-state index < -0.39 is 28.1 Å². The standard InChI is InChI=1S/C8H13ClN2O3S/c1-6(9)7(12)10-8(13)11-2-4-15(14)5-3-11/h6H,2-5H2,1H3,(H,10,12,13). The average Bonchev–Trinajstić information content (AvgIpc) is 2.18. The van der Waals surface area contributed by atoms with E-state index in [1.54, 1.807) is 0 Å². The summed E-state index contributed by atoms with van der Waals surface area (Å²) < 4.78 is 11.0. The van der Waals surface area contributed by atoms with Crippen LogP contribution in [0.1, 0.15) is 6.92 Å². The first-order valence-corrected chi connectivity index (χ1v) is 6.52. The van der Waals surface area contributed by atoms with Crippen molar-refractivity contribution in [3.05, 3.63) is 0 Å². The van der Waals surface area contributed by atoms with E-state index in [-0.39, 0.29) is 0 Å². The van der Waals surface area contributed by atoms with Gasteiger partial charge in [-0.15, -0.1) is 11.6 Å². The second kappa shape index (κ2) is 5.46. The monoisotopic (exact) mass is 252 g/mol. The van der Waals surface area contributed by atoms with Crippen LogP contribution in [0.25, 0.3) is 0 Å². The number of hydrogen-bond donors (Lipinski definition) is 1. The average molecular weight is 253 g/mol. The van der Waals surface area contributed by atoms with Crippen LogP contribution in [-0.4, -0.2) is 51.0 Å². The molecule has 1 atom stereocenters. The Bertz CT molecular complexity index is 286. The summed E-state index contributed by atoms with van der Waals surface area (Å²) in [4.78, 5) is 24.0. The molecule has 1 heterocycles. The van der Waals surface area contributed by atoms with Crippen LogP contribution in [0, 0.1) is 0 Å². The molecule has 0 aromatic rings. The lowest BCUT2D eigenvalue weighted by atomic mass is 10.4. The molecular weight excluding hydrogens is 240 g/mol. The number of amides is 3.